The van der Waals surface area contributed by atoms with Crippen molar-refractivity contribution < 1.29 is 42.1 Å². The number of sulfonamides is 1. The van der Waals surface area contributed by atoms with Gasteiger partial charge in [0.15, 0.2) is 17.2 Å². The number of carbonyl (C=O) groups excluding carboxylic acids is 1. The van der Waals surface area contributed by atoms with E-state index in [9.17, 15) is 23.4 Å². The first-order valence-electron chi connectivity index (χ1n) is 12.8. The first-order valence-corrected chi connectivity index (χ1v) is 14.2. The molecule has 2 aromatic carbocycles. The summed E-state index contributed by atoms with van der Waals surface area (Å²) in [4.78, 5) is 12.6. The lowest BCUT2D eigenvalue weighted by Crippen LogP contribution is -2.52. The van der Waals surface area contributed by atoms with Gasteiger partial charge >= 0.3 is 6.09 Å². The third-order valence-electron chi connectivity index (χ3n) is 6.54. The van der Waals surface area contributed by atoms with Gasteiger partial charge in [-0.3, -0.25) is 0 Å². The van der Waals surface area contributed by atoms with Crippen LogP contribution in [0.4, 0.5) is 4.79 Å². The Bertz CT molecular complexity index is 1360. The Balaban J connectivity index is 1.61. The van der Waals surface area contributed by atoms with E-state index in [1.54, 1.807) is 0 Å². The molecule has 216 valence electrons. The molecular weight excluding hydrogens is 540 g/mol. The molecule has 0 bridgehead atoms. The molecule has 11 nitrogen and oxygen atoms in total. The molecule has 1 aromatic heterocycles. The van der Waals surface area contributed by atoms with E-state index in [0.29, 0.717) is 17.9 Å². The molecule has 1 aliphatic rings. The molecule has 0 aliphatic carbocycles. The van der Waals surface area contributed by atoms with Crippen molar-refractivity contribution in [3.8, 4) is 17.2 Å². The van der Waals surface area contributed by atoms with Gasteiger partial charge in [-0.25, -0.2) is 13.2 Å². The fourth-order valence-corrected chi connectivity index (χ4v) is 6.04. The van der Waals surface area contributed by atoms with E-state index in [2.05, 4.69) is 5.32 Å². The minimum atomic E-state index is -4.15. The zero-order chi connectivity index (χ0) is 28.8. The lowest BCUT2D eigenvalue weighted by atomic mass is 9.89. The quantitative estimate of drug-likeness (QED) is 0.280. The summed E-state index contributed by atoms with van der Waals surface area (Å²) in [7, 11) is -4.15. The monoisotopic (exact) mass is 574 g/mol. The fourth-order valence-electron chi connectivity index (χ4n) is 4.38. The number of carbonyl (C=O) groups is 1. The van der Waals surface area contributed by atoms with Crippen molar-refractivity contribution in [1.82, 2.24) is 9.62 Å². The largest absolute Gasteiger partial charge is 0.469 e. The number of aliphatic hydroxyl groups is 2. The molecule has 2 heterocycles. The second-order valence-electron chi connectivity index (χ2n) is 10.3. The van der Waals surface area contributed by atoms with E-state index < -0.39 is 33.7 Å². The Morgan fingerprint density at radius 1 is 1.12 bits per heavy atom. The molecule has 3 aromatic rings. The highest BCUT2D eigenvalue weighted by Crippen LogP contribution is 2.35. The van der Waals surface area contributed by atoms with E-state index in [4.69, 9.17) is 18.6 Å². The molecule has 0 unspecified atom stereocenters. The molecule has 40 heavy (non-hydrogen) atoms. The highest BCUT2D eigenvalue weighted by atomic mass is 32.2. The van der Waals surface area contributed by atoms with Crippen LogP contribution in [0.3, 0.4) is 0 Å². The fraction of sp³-hybridized carbons (Fsp3) is 0.393. The van der Waals surface area contributed by atoms with E-state index in [1.807, 2.05) is 44.2 Å². The second-order valence-corrected chi connectivity index (χ2v) is 12.2. The summed E-state index contributed by atoms with van der Waals surface area (Å²) in [6.07, 6.45) is 0.995. The van der Waals surface area contributed by atoms with Gasteiger partial charge in [0.25, 0.3) is 0 Å². The highest BCUT2D eigenvalue weighted by Gasteiger charge is 2.35. The van der Waals surface area contributed by atoms with Crippen molar-refractivity contribution in [3.05, 3.63) is 72.7 Å². The van der Waals surface area contributed by atoms with Crippen molar-refractivity contribution in [3.63, 3.8) is 0 Å². The number of nitrogens with zero attached hydrogens (tertiary/aromatic N) is 1. The normalized spacial score (nSPS) is 14.6. The first kappa shape index (κ1) is 29.4. The predicted octanol–water partition coefficient (Wildman–Crippen LogP) is 3.17. The van der Waals surface area contributed by atoms with Crippen LogP contribution in [0.1, 0.15) is 25.8 Å². The molecule has 3 N–H and O–H groups in total. The van der Waals surface area contributed by atoms with Crippen LogP contribution < -0.4 is 19.5 Å². The number of aliphatic hydroxyl groups excluding tert-OH is 2. The van der Waals surface area contributed by atoms with E-state index >= 15 is 0 Å². The summed E-state index contributed by atoms with van der Waals surface area (Å²) in [5.74, 6) is 0.930. The maximum atomic E-state index is 13.9. The van der Waals surface area contributed by atoms with Crippen molar-refractivity contribution in [2.45, 2.75) is 43.7 Å². The maximum Gasteiger partial charge on any atom is 0.413 e. The van der Waals surface area contributed by atoms with Gasteiger partial charge in [-0.15, -0.1) is 0 Å². The molecule has 0 radical (unpaired) electrons. The summed E-state index contributed by atoms with van der Waals surface area (Å²) in [5, 5.41) is 23.7. The van der Waals surface area contributed by atoms with Gasteiger partial charge in [0.2, 0.25) is 16.8 Å². The van der Waals surface area contributed by atoms with Crippen LogP contribution in [0, 0.1) is 5.41 Å². The number of hydrogen-bond donors (Lipinski definition) is 3. The van der Waals surface area contributed by atoms with Gasteiger partial charge in [0.05, 0.1) is 23.3 Å². The zero-order valence-corrected chi connectivity index (χ0v) is 23.2. The molecule has 4 rings (SSSR count). The van der Waals surface area contributed by atoms with Gasteiger partial charge in [-0.05, 0) is 36.0 Å². The summed E-state index contributed by atoms with van der Waals surface area (Å²) in [5.41, 5.74) is 0.196. The number of hydrogen-bond acceptors (Lipinski definition) is 9. The van der Waals surface area contributed by atoms with Crippen LogP contribution in [-0.2, 0) is 16.4 Å². The summed E-state index contributed by atoms with van der Waals surface area (Å²) >= 11 is 0. The molecule has 0 saturated carbocycles. The maximum absolute atomic E-state index is 13.9. The van der Waals surface area contributed by atoms with Crippen LogP contribution in [-0.4, -0.2) is 67.7 Å². The van der Waals surface area contributed by atoms with Crippen LogP contribution >= 0.6 is 0 Å². The summed E-state index contributed by atoms with van der Waals surface area (Å²) < 4.78 is 49.8. The molecular formula is C28H34N2O9S. The number of furan rings is 1. The van der Waals surface area contributed by atoms with Crippen molar-refractivity contribution in [2.24, 2.45) is 5.41 Å². The average molecular weight is 575 g/mol. The van der Waals surface area contributed by atoms with Gasteiger partial charge in [0.1, 0.15) is 6.26 Å². The Morgan fingerprint density at radius 3 is 2.58 bits per heavy atom. The van der Waals surface area contributed by atoms with Crippen LogP contribution in [0.25, 0.3) is 0 Å². The smallest absolute Gasteiger partial charge is 0.413 e. The van der Waals surface area contributed by atoms with Gasteiger partial charge in [-0.1, -0.05) is 44.2 Å². The lowest BCUT2D eigenvalue weighted by Gasteiger charge is -2.34. The molecule has 0 spiro atoms. The number of amides is 1. The number of ether oxygens (including phenoxy) is 3. The Kier molecular flexibility index (Phi) is 9.36. The third kappa shape index (κ3) is 7.54. The SMILES string of the molecule is CC(C)(CCO)CN(C[C@@H](O)[C@H](Cc1ccccc1)NC(=O)Oc1ccoc1)S(=O)(=O)c1ccc2c(c1)OCO2. The van der Waals surface area contributed by atoms with Crippen molar-refractivity contribution >= 4 is 16.1 Å². The summed E-state index contributed by atoms with van der Waals surface area (Å²) in [6, 6.07) is 14.1. The van der Waals surface area contributed by atoms with Crippen LogP contribution in [0.5, 0.6) is 17.2 Å². The van der Waals surface area contributed by atoms with E-state index in [1.165, 1.54) is 41.1 Å². The topological polar surface area (TPSA) is 148 Å². The van der Waals surface area contributed by atoms with Crippen molar-refractivity contribution in [1.29, 1.82) is 0 Å². The number of fused-ring (bicyclic) bond motifs is 1. The lowest BCUT2D eigenvalue weighted by molar-refractivity contribution is 0.0885. The standard InChI is InChI=1S/C28H34N2O9S/c1-28(2,11-12-31)18-30(40(34,35)22-8-9-25-26(15-22)38-19-37-25)16-24(32)23(14-20-6-4-3-5-7-20)29-27(33)39-21-10-13-36-17-21/h3-10,13,15,17,23-24,31-32H,11-12,14,16,18-19H2,1-2H3,(H,29,33)/t23-,24+/m0/s1. The molecule has 0 saturated heterocycles. The van der Waals surface area contributed by atoms with Gasteiger partial charge < -0.3 is 34.2 Å². The minimum Gasteiger partial charge on any atom is -0.469 e. The van der Waals surface area contributed by atoms with Crippen LogP contribution in [0.2, 0.25) is 0 Å². The Labute approximate surface area is 233 Å². The second kappa shape index (κ2) is 12.7. The summed E-state index contributed by atoms with van der Waals surface area (Å²) in [6.45, 7) is 3.19. The minimum absolute atomic E-state index is 0.00107. The van der Waals surface area contributed by atoms with Gasteiger partial charge in [0, 0.05) is 31.8 Å². The first-order chi connectivity index (χ1) is 19.1. The predicted molar refractivity (Wildman–Crippen MR) is 145 cm³/mol. The van der Waals surface area contributed by atoms with Crippen molar-refractivity contribution in [2.75, 3.05) is 26.5 Å². The Morgan fingerprint density at radius 2 is 1.88 bits per heavy atom. The van der Waals surface area contributed by atoms with E-state index in [0.717, 1.165) is 5.56 Å². The number of rotatable bonds is 13. The van der Waals surface area contributed by atoms with Gasteiger partial charge in [-0.2, -0.15) is 4.31 Å². The average Bonchev–Trinajstić information content (AvgIpc) is 3.60. The molecule has 1 aliphatic heterocycles. The number of nitrogens with one attached hydrogen (secondary N) is 1. The molecule has 12 heteroatoms. The van der Waals surface area contributed by atoms with Crippen LogP contribution in [0.15, 0.2) is 76.4 Å². The third-order valence-corrected chi connectivity index (χ3v) is 8.34. The van der Waals surface area contributed by atoms with E-state index in [-0.39, 0.29) is 43.6 Å². The Hall–Kier alpha value is -3.58. The highest BCUT2D eigenvalue weighted by molar-refractivity contribution is 7.89. The zero-order valence-electron chi connectivity index (χ0n) is 22.4. The molecule has 1 amide bonds. The molecule has 0 fully saturated rings. The molecule has 2 atom stereocenters. The number of benzene rings is 2.